The number of rotatable bonds is 6. The van der Waals surface area contributed by atoms with Crippen molar-refractivity contribution < 1.29 is 23.9 Å². The molecule has 7 heteroatoms. The molecule has 0 spiro atoms. The van der Waals surface area contributed by atoms with Gasteiger partial charge in [-0.1, -0.05) is 63.2 Å². The van der Waals surface area contributed by atoms with Crippen molar-refractivity contribution >= 4 is 23.7 Å². The number of fused-ring (bicyclic) bond motifs is 3. The van der Waals surface area contributed by atoms with Gasteiger partial charge in [-0.15, -0.1) is 0 Å². The molecule has 1 saturated carbocycles. The van der Waals surface area contributed by atoms with Crippen molar-refractivity contribution in [3.05, 3.63) is 71.3 Å². The second-order valence-electron chi connectivity index (χ2n) is 11.6. The van der Waals surface area contributed by atoms with Gasteiger partial charge >= 0.3 is 5.97 Å². The first kappa shape index (κ1) is 24.2. The average molecular weight is 489 g/mol. The third-order valence-electron chi connectivity index (χ3n) is 7.75. The molecule has 0 aromatic heterocycles. The monoisotopic (exact) mass is 488 g/mol. The summed E-state index contributed by atoms with van der Waals surface area (Å²) in [5, 5.41) is 0. The largest absolute Gasteiger partial charge is 0.454 e. The number of imide groups is 1. The van der Waals surface area contributed by atoms with E-state index in [-0.39, 0.29) is 40.3 Å². The molecule has 3 atom stereocenters. The highest BCUT2D eigenvalue weighted by Gasteiger charge is 2.51. The van der Waals surface area contributed by atoms with Gasteiger partial charge in [0.05, 0.1) is 11.1 Å². The standard InChI is InChI=1S/C29H32N2O5/c1-28(2)14-20-15-29(3,17-28)18-30(20)24(32)16-36-27(35)23(13-19-9-5-4-6-10-19)31-25(33)21-11-7-8-12-22(21)26(31)34/h4-12,20,23H,13-18H2,1-3H3/t20?,23-,29?/m0/s1. The van der Waals surface area contributed by atoms with E-state index in [1.54, 1.807) is 24.3 Å². The quantitative estimate of drug-likeness (QED) is 0.455. The molecular weight excluding hydrogens is 456 g/mol. The highest BCUT2D eigenvalue weighted by molar-refractivity contribution is 6.22. The molecule has 5 rings (SSSR count). The fraction of sp³-hybridized carbons (Fsp3) is 0.448. The van der Waals surface area contributed by atoms with Crippen molar-refractivity contribution in [2.75, 3.05) is 13.2 Å². The number of benzene rings is 2. The highest BCUT2D eigenvalue weighted by Crippen LogP contribution is 2.52. The molecule has 2 aromatic rings. The summed E-state index contributed by atoms with van der Waals surface area (Å²) < 4.78 is 5.52. The first-order valence-corrected chi connectivity index (χ1v) is 12.5. The van der Waals surface area contributed by atoms with E-state index in [1.807, 2.05) is 35.2 Å². The van der Waals surface area contributed by atoms with Crippen LogP contribution in [0.4, 0.5) is 0 Å². The molecule has 3 amide bonds. The van der Waals surface area contributed by atoms with E-state index in [1.165, 1.54) is 0 Å². The molecule has 0 N–H and O–H groups in total. The predicted octanol–water partition coefficient (Wildman–Crippen LogP) is 3.86. The lowest BCUT2D eigenvalue weighted by Crippen LogP contribution is -2.48. The summed E-state index contributed by atoms with van der Waals surface area (Å²) in [5.74, 6) is -2.03. The molecule has 0 radical (unpaired) electrons. The minimum atomic E-state index is -1.16. The van der Waals surface area contributed by atoms with E-state index in [0.29, 0.717) is 6.54 Å². The van der Waals surface area contributed by atoms with E-state index >= 15 is 0 Å². The Balaban J connectivity index is 1.33. The van der Waals surface area contributed by atoms with Gasteiger partial charge in [-0.2, -0.15) is 0 Å². The Kier molecular flexibility index (Phi) is 5.97. The van der Waals surface area contributed by atoms with Gasteiger partial charge in [-0.05, 0) is 47.8 Å². The molecule has 7 nitrogen and oxygen atoms in total. The van der Waals surface area contributed by atoms with E-state index in [0.717, 1.165) is 29.7 Å². The van der Waals surface area contributed by atoms with Crippen LogP contribution in [0.25, 0.3) is 0 Å². The molecule has 2 heterocycles. The van der Waals surface area contributed by atoms with Gasteiger partial charge in [0.25, 0.3) is 17.7 Å². The third kappa shape index (κ3) is 4.43. The zero-order chi connectivity index (χ0) is 25.7. The van der Waals surface area contributed by atoms with Gasteiger partial charge in [-0.25, -0.2) is 4.79 Å². The molecule has 1 aliphatic carbocycles. The number of hydrogen-bond acceptors (Lipinski definition) is 5. The van der Waals surface area contributed by atoms with Crippen molar-refractivity contribution in [2.24, 2.45) is 10.8 Å². The van der Waals surface area contributed by atoms with E-state index in [4.69, 9.17) is 4.74 Å². The maximum atomic E-state index is 13.4. The topological polar surface area (TPSA) is 84.0 Å². The van der Waals surface area contributed by atoms with Crippen LogP contribution < -0.4 is 0 Å². The van der Waals surface area contributed by atoms with Crippen molar-refractivity contribution in [3.8, 4) is 0 Å². The predicted molar refractivity (Wildman–Crippen MR) is 133 cm³/mol. The molecule has 1 saturated heterocycles. The lowest BCUT2D eigenvalue weighted by molar-refractivity contribution is -0.155. The summed E-state index contributed by atoms with van der Waals surface area (Å²) in [6.07, 6.45) is 3.05. The summed E-state index contributed by atoms with van der Waals surface area (Å²) in [6, 6.07) is 14.7. The third-order valence-corrected chi connectivity index (χ3v) is 7.75. The second-order valence-corrected chi connectivity index (χ2v) is 11.6. The van der Waals surface area contributed by atoms with Gasteiger partial charge in [0.15, 0.2) is 6.61 Å². The Bertz CT molecular complexity index is 1190. The van der Waals surface area contributed by atoms with Crippen LogP contribution in [0.15, 0.2) is 54.6 Å². The number of carbonyl (C=O) groups excluding carboxylic acids is 4. The summed E-state index contributed by atoms with van der Waals surface area (Å²) in [6.45, 7) is 6.95. The number of likely N-dealkylation sites (tertiary alicyclic amines) is 1. The van der Waals surface area contributed by atoms with Gasteiger partial charge < -0.3 is 9.64 Å². The summed E-state index contributed by atoms with van der Waals surface area (Å²) in [5.41, 5.74) is 1.55. The maximum absolute atomic E-state index is 13.4. The van der Waals surface area contributed by atoms with Gasteiger partial charge in [0, 0.05) is 19.0 Å². The Labute approximate surface area is 211 Å². The molecule has 2 bridgehead atoms. The normalized spacial score (nSPS) is 25.0. The summed E-state index contributed by atoms with van der Waals surface area (Å²) in [4.78, 5) is 55.6. The van der Waals surface area contributed by atoms with Crippen molar-refractivity contribution in [2.45, 2.75) is 58.5 Å². The average Bonchev–Trinajstić information content (AvgIpc) is 3.24. The van der Waals surface area contributed by atoms with Gasteiger partial charge in [0.2, 0.25) is 0 Å². The van der Waals surface area contributed by atoms with Crippen LogP contribution in [0.2, 0.25) is 0 Å². The maximum Gasteiger partial charge on any atom is 0.330 e. The van der Waals surface area contributed by atoms with Crippen LogP contribution in [0.5, 0.6) is 0 Å². The minimum Gasteiger partial charge on any atom is -0.454 e. The van der Waals surface area contributed by atoms with E-state index in [9.17, 15) is 19.2 Å². The fourth-order valence-electron chi connectivity index (χ4n) is 6.67. The molecule has 2 aromatic carbocycles. The van der Waals surface area contributed by atoms with Crippen molar-refractivity contribution in [3.63, 3.8) is 0 Å². The molecule has 2 unspecified atom stereocenters. The van der Waals surface area contributed by atoms with Crippen molar-refractivity contribution in [1.82, 2.24) is 9.80 Å². The molecule has 2 aliphatic heterocycles. The number of amides is 3. The zero-order valence-corrected chi connectivity index (χ0v) is 21.0. The minimum absolute atomic E-state index is 0.0715. The number of hydrogen-bond donors (Lipinski definition) is 0. The summed E-state index contributed by atoms with van der Waals surface area (Å²) in [7, 11) is 0. The lowest BCUT2D eigenvalue weighted by Gasteiger charge is -2.39. The molecule has 2 fully saturated rings. The van der Waals surface area contributed by atoms with E-state index in [2.05, 4.69) is 20.8 Å². The second kappa shape index (κ2) is 8.87. The van der Waals surface area contributed by atoms with Gasteiger partial charge in [0.1, 0.15) is 6.04 Å². The number of ether oxygens (including phenoxy) is 1. The fourth-order valence-corrected chi connectivity index (χ4v) is 6.67. The Morgan fingerprint density at radius 1 is 0.944 bits per heavy atom. The van der Waals surface area contributed by atoms with Crippen LogP contribution in [-0.4, -0.2) is 58.7 Å². The molecule has 36 heavy (non-hydrogen) atoms. The van der Waals surface area contributed by atoms with Gasteiger partial charge in [-0.3, -0.25) is 19.3 Å². The number of nitrogens with zero attached hydrogens (tertiary/aromatic N) is 2. The summed E-state index contributed by atoms with van der Waals surface area (Å²) >= 11 is 0. The Hall–Kier alpha value is -3.48. The smallest absolute Gasteiger partial charge is 0.330 e. The number of carbonyl (C=O) groups is 4. The first-order chi connectivity index (χ1) is 17.1. The van der Waals surface area contributed by atoms with Crippen LogP contribution in [0, 0.1) is 10.8 Å². The van der Waals surface area contributed by atoms with E-state index < -0.39 is 30.4 Å². The Morgan fingerprint density at radius 3 is 2.19 bits per heavy atom. The Morgan fingerprint density at radius 2 is 1.56 bits per heavy atom. The SMILES string of the molecule is CC1(C)CC2CC(C)(CN2C(=O)COC(=O)[C@H](Cc2ccccc2)N2C(=O)c3ccccc3C2=O)C1. The first-order valence-electron chi connectivity index (χ1n) is 12.5. The number of esters is 1. The highest BCUT2D eigenvalue weighted by atomic mass is 16.5. The lowest BCUT2D eigenvalue weighted by atomic mass is 9.65. The van der Waals surface area contributed by atoms with Crippen molar-refractivity contribution in [1.29, 1.82) is 0 Å². The zero-order valence-electron chi connectivity index (χ0n) is 21.0. The molecule has 3 aliphatic rings. The van der Waals surface area contributed by atoms with Crippen LogP contribution >= 0.6 is 0 Å². The van der Waals surface area contributed by atoms with Crippen LogP contribution in [0.3, 0.4) is 0 Å². The van der Waals surface area contributed by atoms with Crippen LogP contribution in [0.1, 0.15) is 66.3 Å². The molecular formula is C29H32N2O5. The van der Waals surface area contributed by atoms with Crippen LogP contribution in [-0.2, 0) is 20.7 Å². The molecule has 188 valence electrons.